The molecule has 1 rings (SSSR count). The minimum absolute atomic E-state index is 0.0684. The smallest absolute Gasteiger partial charge is 0.251 e. The van der Waals surface area contributed by atoms with Gasteiger partial charge in [0, 0.05) is 24.1 Å². The SMILES string of the molecule is CC(C)(C)NC(=O)CCNC(=O)c1ccc(CCN)cc1. The molecule has 21 heavy (non-hydrogen) atoms. The molecule has 0 aliphatic carbocycles. The first-order valence-corrected chi connectivity index (χ1v) is 7.20. The van der Waals surface area contributed by atoms with Crippen LogP contribution in [-0.2, 0) is 11.2 Å². The zero-order valence-corrected chi connectivity index (χ0v) is 13.0. The van der Waals surface area contributed by atoms with Crippen LogP contribution in [-0.4, -0.2) is 30.4 Å². The van der Waals surface area contributed by atoms with E-state index in [2.05, 4.69) is 10.6 Å². The average Bonchev–Trinajstić information content (AvgIpc) is 2.37. The lowest BCUT2D eigenvalue weighted by Gasteiger charge is -2.20. The molecule has 0 saturated carbocycles. The number of carbonyl (C=O) groups is 2. The molecule has 116 valence electrons. The fourth-order valence-corrected chi connectivity index (χ4v) is 1.86. The topological polar surface area (TPSA) is 84.2 Å². The van der Waals surface area contributed by atoms with Gasteiger partial charge in [0.1, 0.15) is 0 Å². The van der Waals surface area contributed by atoms with Gasteiger partial charge in [0.25, 0.3) is 5.91 Å². The number of nitrogens with two attached hydrogens (primary N) is 1. The van der Waals surface area contributed by atoms with Crippen molar-refractivity contribution in [3.05, 3.63) is 35.4 Å². The number of hydrogen-bond donors (Lipinski definition) is 3. The molecule has 0 radical (unpaired) electrons. The van der Waals surface area contributed by atoms with Crippen LogP contribution in [0.4, 0.5) is 0 Å². The Hall–Kier alpha value is -1.88. The van der Waals surface area contributed by atoms with Crippen LogP contribution in [0.15, 0.2) is 24.3 Å². The summed E-state index contributed by atoms with van der Waals surface area (Å²) in [5.41, 5.74) is 6.93. The van der Waals surface area contributed by atoms with Crippen molar-refractivity contribution in [2.45, 2.75) is 39.2 Å². The largest absolute Gasteiger partial charge is 0.352 e. The molecular weight excluding hydrogens is 266 g/mol. The highest BCUT2D eigenvalue weighted by molar-refractivity contribution is 5.94. The van der Waals surface area contributed by atoms with Crippen molar-refractivity contribution in [3.63, 3.8) is 0 Å². The van der Waals surface area contributed by atoms with Gasteiger partial charge < -0.3 is 16.4 Å². The maximum Gasteiger partial charge on any atom is 0.251 e. The number of hydrogen-bond acceptors (Lipinski definition) is 3. The van der Waals surface area contributed by atoms with Gasteiger partial charge in [0.05, 0.1) is 0 Å². The van der Waals surface area contributed by atoms with E-state index in [1.165, 1.54) is 0 Å². The minimum Gasteiger partial charge on any atom is -0.352 e. The summed E-state index contributed by atoms with van der Waals surface area (Å²) in [5.74, 6) is -0.237. The van der Waals surface area contributed by atoms with Gasteiger partial charge in [-0.05, 0) is 51.4 Å². The first kappa shape index (κ1) is 17.2. The summed E-state index contributed by atoms with van der Waals surface area (Å²) < 4.78 is 0. The van der Waals surface area contributed by atoms with Crippen molar-refractivity contribution >= 4 is 11.8 Å². The second kappa shape index (κ2) is 7.78. The van der Waals surface area contributed by atoms with Crippen LogP contribution < -0.4 is 16.4 Å². The Bertz CT molecular complexity index is 475. The Labute approximate surface area is 126 Å². The highest BCUT2D eigenvalue weighted by Gasteiger charge is 2.13. The first-order valence-electron chi connectivity index (χ1n) is 7.20. The Morgan fingerprint density at radius 2 is 1.76 bits per heavy atom. The molecule has 0 saturated heterocycles. The first-order chi connectivity index (χ1) is 9.81. The van der Waals surface area contributed by atoms with Gasteiger partial charge in [0.15, 0.2) is 0 Å². The summed E-state index contributed by atoms with van der Waals surface area (Å²) in [6, 6.07) is 7.34. The van der Waals surface area contributed by atoms with Crippen LogP contribution in [0.25, 0.3) is 0 Å². The summed E-state index contributed by atoms with van der Waals surface area (Å²) in [7, 11) is 0. The summed E-state index contributed by atoms with van der Waals surface area (Å²) in [5, 5.41) is 5.59. The van der Waals surface area contributed by atoms with Crippen molar-refractivity contribution < 1.29 is 9.59 Å². The fourth-order valence-electron chi connectivity index (χ4n) is 1.86. The number of nitrogens with one attached hydrogen (secondary N) is 2. The lowest BCUT2D eigenvalue weighted by molar-refractivity contribution is -0.122. The lowest BCUT2D eigenvalue weighted by Crippen LogP contribution is -2.41. The quantitative estimate of drug-likeness (QED) is 0.737. The molecule has 0 fully saturated rings. The molecule has 2 amide bonds. The molecule has 0 aliphatic rings. The molecule has 5 nitrogen and oxygen atoms in total. The maximum atomic E-state index is 11.9. The zero-order chi connectivity index (χ0) is 15.9. The number of amides is 2. The molecule has 4 N–H and O–H groups in total. The van der Waals surface area contributed by atoms with E-state index < -0.39 is 0 Å². The predicted molar refractivity (Wildman–Crippen MR) is 84.0 cm³/mol. The number of carbonyl (C=O) groups excluding carboxylic acids is 2. The highest BCUT2D eigenvalue weighted by Crippen LogP contribution is 2.05. The Kier molecular flexibility index (Phi) is 6.37. The van der Waals surface area contributed by atoms with Crippen LogP contribution >= 0.6 is 0 Å². The van der Waals surface area contributed by atoms with E-state index in [4.69, 9.17) is 5.73 Å². The third kappa shape index (κ3) is 6.90. The van der Waals surface area contributed by atoms with Crippen LogP contribution in [0.2, 0.25) is 0 Å². The van der Waals surface area contributed by atoms with Crippen molar-refractivity contribution in [2.24, 2.45) is 5.73 Å². The van der Waals surface area contributed by atoms with Crippen molar-refractivity contribution in [1.29, 1.82) is 0 Å². The van der Waals surface area contributed by atoms with Gasteiger partial charge in [-0.1, -0.05) is 12.1 Å². The molecule has 1 aromatic carbocycles. The third-order valence-electron chi connectivity index (χ3n) is 2.80. The molecule has 0 aliphatic heterocycles. The molecular formula is C16H25N3O2. The van der Waals surface area contributed by atoms with Crippen molar-refractivity contribution in [2.75, 3.05) is 13.1 Å². The van der Waals surface area contributed by atoms with Gasteiger partial charge >= 0.3 is 0 Å². The van der Waals surface area contributed by atoms with Gasteiger partial charge in [-0.25, -0.2) is 0 Å². The molecule has 0 spiro atoms. The van der Waals surface area contributed by atoms with Crippen LogP contribution in [0, 0.1) is 0 Å². The van der Waals surface area contributed by atoms with Gasteiger partial charge in [-0.2, -0.15) is 0 Å². The molecule has 0 unspecified atom stereocenters. The normalized spacial score (nSPS) is 11.0. The summed E-state index contributed by atoms with van der Waals surface area (Å²) >= 11 is 0. The Morgan fingerprint density at radius 3 is 2.29 bits per heavy atom. The molecule has 0 atom stereocenters. The Morgan fingerprint density at radius 1 is 1.14 bits per heavy atom. The number of rotatable bonds is 6. The van der Waals surface area contributed by atoms with Gasteiger partial charge in [-0.15, -0.1) is 0 Å². The van der Waals surface area contributed by atoms with E-state index in [1.54, 1.807) is 12.1 Å². The third-order valence-corrected chi connectivity index (χ3v) is 2.80. The summed E-state index contributed by atoms with van der Waals surface area (Å²) in [6.07, 6.45) is 1.07. The monoisotopic (exact) mass is 291 g/mol. The number of benzene rings is 1. The highest BCUT2D eigenvalue weighted by atomic mass is 16.2. The standard InChI is InChI=1S/C16H25N3O2/c1-16(2,3)19-14(20)9-11-18-15(21)13-6-4-12(5-7-13)8-10-17/h4-7H,8-11,17H2,1-3H3,(H,18,21)(H,19,20). The molecule has 1 aromatic rings. The summed E-state index contributed by atoms with van der Waals surface area (Å²) in [6.45, 7) is 6.69. The van der Waals surface area contributed by atoms with Crippen LogP contribution in [0.5, 0.6) is 0 Å². The molecule has 0 aromatic heterocycles. The molecule has 0 bridgehead atoms. The van der Waals surface area contributed by atoms with Crippen molar-refractivity contribution in [1.82, 2.24) is 10.6 Å². The van der Waals surface area contributed by atoms with Crippen LogP contribution in [0.1, 0.15) is 43.1 Å². The maximum absolute atomic E-state index is 11.9. The van der Waals surface area contributed by atoms with E-state index in [1.807, 2.05) is 32.9 Å². The predicted octanol–water partition coefficient (Wildman–Crippen LogP) is 1.22. The second-order valence-corrected chi connectivity index (χ2v) is 6.04. The second-order valence-electron chi connectivity index (χ2n) is 6.04. The van der Waals surface area contributed by atoms with E-state index in [9.17, 15) is 9.59 Å². The van der Waals surface area contributed by atoms with Gasteiger partial charge in [0.2, 0.25) is 5.91 Å². The minimum atomic E-state index is -0.250. The van der Waals surface area contributed by atoms with E-state index in [0.29, 0.717) is 18.7 Å². The fraction of sp³-hybridized carbons (Fsp3) is 0.500. The lowest BCUT2D eigenvalue weighted by atomic mass is 10.1. The van der Waals surface area contributed by atoms with Crippen molar-refractivity contribution in [3.8, 4) is 0 Å². The van der Waals surface area contributed by atoms with Crippen LogP contribution in [0.3, 0.4) is 0 Å². The zero-order valence-electron chi connectivity index (χ0n) is 13.0. The van der Waals surface area contributed by atoms with Gasteiger partial charge in [-0.3, -0.25) is 9.59 Å². The average molecular weight is 291 g/mol. The molecule has 0 heterocycles. The Balaban J connectivity index is 2.38. The van der Waals surface area contributed by atoms with E-state index >= 15 is 0 Å². The summed E-state index contributed by atoms with van der Waals surface area (Å²) in [4.78, 5) is 23.5. The molecule has 5 heteroatoms. The van der Waals surface area contributed by atoms with E-state index in [-0.39, 0.29) is 23.8 Å². The van der Waals surface area contributed by atoms with E-state index in [0.717, 1.165) is 12.0 Å².